The van der Waals surface area contributed by atoms with Crippen LogP contribution >= 0.6 is 28.1 Å². The van der Waals surface area contributed by atoms with Crippen LogP contribution in [-0.4, -0.2) is 14.9 Å². The lowest BCUT2D eigenvalue weighted by Gasteiger charge is -2.11. The van der Waals surface area contributed by atoms with E-state index in [9.17, 15) is 0 Å². The van der Waals surface area contributed by atoms with Gasteiger partial charge in [-0.15, -0.1) is 0 Å². The maximum atomic E-state index is 5.84. The second-order valence-corrected chi connectivity index (χ2v) is 6.15. The summed E-state index contributed by atoms with van der Waals surface area (Å²) in [4.78, 5) is 0. The molecular formula is C16H15BrN4OS. The fraction of sp³-hybridized carbons (Fsp3) is 0.125. The lowest BCUT2D eigenvalue weighted by molar-refractivity contribution is 0.304. The van der Waals surface area contributed by atoms with E-state index in [0.717, 1.165) is 21.3 Å². The van der Waals surface area contributed by atoms with E-state index in [0.29, 0.717) is 17.9 Å². The zero-order chi connectivity index (χ0) is 16.1. The normalized spacial score (nSPS) is 10.5. The molecule has 1 heterocycles. The number of hydrogen-bond acceptors (Lipinski definition) is 4. The lowest BCUT2D eigenvalue weighted by atomic mass is 10.2. The number of rotatable bonds is 6. The molecule has 0 spiro atoms. The predicted molar refractivity (Wildman–Crippen MR) is 95.4 cm³/mol. The number of benzene rings is 2. The molecule has 0 amide bonds. The summed E-state index contributed by atoms with van der Waals surface area (Å²) in [5.41, 5.74) is 5.41. The Labute approximate surface area is 147 Å². The van der Waals surface area contributed by atoms with Crippen molar-refractivity contribution in [3.63, 3.8) is 0 Å². The maximum absolute atomic E-state index is 5.84. The minimum absolute atomic E-state index is 0.534. The van der Waals surface area contributed by atoms with Gasteiger partial charge >= 0.3 is 0 Å². The van der Waals surface area contributed by atoms with Crippen LogP contribution in [0.3, 0.4) is 0 Å². The fourth-order valence-corrected chi connectivity index (χ4v) is 2.75. The van der Waals surface area contributed by atoms with Crippen molar-refractivity contribution in [1.29, 1.82) is 0 Å². The van der Waals surface area contributed by atoms with Crippen LogP contribution in [-0.2, 0) is 13.2 Å². The summed E-state index contributed by atoms with van der Waals surface area (Å²) in [6, 6.07) is 16.1. The Morgan fingerprint density at radius 3 is 2.70 bits per heavy atom. The first-order valence-corrected chi connectivity index (χ1v) is 8.23. The van der Waals surface area contributed by atoms with Gasteiger partial charge in [0.2, 0.25) is 4.77 Å². The van der Waals surface area contributed by atoms with Crippen LogP contribution in [0.15, 0.2) is 59.3 Å². The van der Waals surface area contributed by atoms with Gasteiger partial charge in [-0.05, 0) is 51.4 Å². The van der Waals surface area contributed by atoms with Crippen molar-refractivity contribution in [2.75, 3.05) is 5.43 Å². The Hall–Kier alpha value is -2.12. The number of aromatic amines is 1. The van der Waals surface area contributed by atoms with Gasteiger partial charge in [-0.1, -0.05) is 36.4 Å². The molecule has 3 aromatic rings. The Morgan fingerprint density at radius 2 is 2.00 bits per heavy atom. The summed E-state index contributed by atoms with van der Waals surface area (Å²) in [5.74, 6) is 0.817. The molecule has 0 aliphatic heterocycles. The molecule has 0 atom stereocenters. The zero-order valence-corrected chi connectivity index (χ0v) is 14.6. The van der Waals surface area contributed by atoms with Gasteiger partial charge in [-0.25, -0.2) is 4.68 Å². The van der Waals surface area contributed by atoms with Gasteiger partial charge in [0.1, 0.15) is 18.7 Å². The number of nitrogens with zero attached hydrogens (tertiary/aromatic N) is 2. The third-order valence-corrected chi connectivity index (χ3v) is 4.15. The highest BCUT2D eigenvalue weighted by atomic mass is 79.9. The zero-order valence-electron chi connectivity index (χ0n) is 12.2. The van der Waals surface area contributed by atoms with Crippen molar-refractivity contribution in [1.82, 2.24) is 14.9 Å². The molecule has 5 nitrogen and oxygen atoms in total. The average molecular weight is 391 g/mol. The molecule has 0 radical (unpaired) electrons. The largest absolute Gasteiger partial charge is 0.488 e. The summed E-state index contributed by atoms with van der Waals surface area (Å²) in [7, 11) is 0. The van der Waals surface area contributed by atoms with Crippen LogP contribution in [0, 0.1) is 4.77 Å². The molecule has 7 heteroatoms. The molecule has 0 saturated heterocycles. The average Bonchev–Trinajstić information content (AvgIpc) is 2.98. The lowest BCUT2D eigenvalue weighted by Crippen LogP contribution is -2.13. The highest BCUT2D eigenvalue weighted by Crippen LogP contribution is 2.26. The second kappa shape index (κ2) is 7.43. The number of ether oxygens (including phenoxy) is 1. The first-order chi connectivity index (χ1) is 11.2. The first-order valence-electron chi connectivity index (χ1n) is 7.03. The second-order valence-electron chi connectivity index (χ2n) is 4.91. The Morgan fingerprint density at radius 1 is 1.17 bits per heavy atom. The van der Waals surface area contributed by atoms with Gasteiger partial charge in [-0.3, -0.25) is 5.10 Å². The summed E-state index contributed by atoms with van der Waals surface area (Å²) in [5, 5.41) is 6.55. The number of hydrogen-bond donors (Lipinski definition) is 2. The van der Waals surface area contributed by atoms with E-state index < -0.39 is 0 Å². The predicted octanol–water partition coefficient (Wildman–Crippen LogP) is 4.03. The van der Waals surface area contributed by atoms with Gasteiger partial charge < -0.3 is 10.2 Å². The van der Waals surface area contributed by atoms with Crippen LogP contribution in [0.25, 0.3) is 0 Å². The molecule has 0 bridgehead atoms. The third-order valence-electron chi connectivity index (χ3n) is 3.24. The molecule has 0 saturated carbocycles. The molecule has 0 aliphatic rings. The molecular weight excluding hydrogens is 376 g/mol. The molecule has 118 valence electrons. The Bertz CT molecular complexity index is 831. The van der Waals surface area contributed by atoms with Gasteiger partial charge in [0.25, 0.3) is 0 Å². The molecule has 23 heavy (non-hydrogen) atoms. The molecule has 3 rings (SSSR count). The number of aromatic nitrogens is 3. The summed E-state index contributed by atoms with van der Waals surface area (Å²) >= 11 is 8.64. The smallest absolute Gasteiger partial charge is 0.214 e. The van der Waals surface area contributed by atoms with E-state index in [2.05, 4.69) is 31.6 Å². The van der Waals surface area contributed by atoms with Crippen molar-refractivity contribution in [3.8, 4) is 5.75 Å². The van der Waals surface area contributed by atoms with Crippen LogP contribution in [0.5, 0.6) is 5.75 Å². The van der Waals surface area contributed by atoms with E-state index >= 15 is 0 Å². The minimum Gasteiger partial charge on any atom is -0.488 e. The van der Waals surface area contributed by atoms with E-state index in [1.807, 2.05) is 48.5 Å². The molecule has 0 aliphatic carbocycles. The van der Waals surface area contributed by atoms with Gasteiger partial charge in [0.15, 0.2) is 0 Å². The highest BCUT2D eigenvalue weighted by molar-refractivity contribution is 9.10. The summed E-state index contributed by atoms with van der Waals surface area (Å²) in [6.07, 6.45) is 1.61. The highest BCUT2D eigenvalue weighted by Gasteiger charge is 2.04. The minimum atomic E-state index is 0.534. The maximum Gasteiger partial charge on any atom is 0.214 e. The number of H-pyrrole nitrogens is 1. The van der Waals surface area contributed by atoms with Crippen LogP contribution in [0.4, 0.5) is 0 Å². The van der Waals surface area contributed by atoms with Crippen LogP contribution in [0.1, 0.15) is 11.1 Å². The Kier molecular flexibility index (Phi) is 5.09. The van der Waals surface area contributed by atoms with E-state index in [1.54, 1.807) is 11.0 Å². The molecule has 2 N–H and O–H groups in total. The summed E-state index contributed by atoms with van der Waals surface area (Å²) < 4.78 is 8.97. The topological polar surface area (TPSA) is 54.9 Å². The van der Waals surface area contributed by atoms with Crippen molar-refractivity contribution < 1.29 is 4.74 Å². The van der Waals surface area contributed by atoms with Crippen molar-refractivity contribution >= 4 is 28.1 Å². The van der Waals surface area contributed by atoms with Crippen LogP contribution < -0.4 is 10.2 Å². The van der Waals surface area contributed by atoms with Crippen LogP contribution in [0.2, 0.25) is 0 Å². The third kappa shape index (κ3) is 4.20. The fourth-order valence-electron chi connectivity index (χ4n) is 2.04. The van der Waals surface area contributed by atoms with Gasteiger partial charge in [0, 0.05) is 0 Å². The molecule has 2 aromatic carbocycles. The first kappa shape index (κ1) is 15.8. The standard InChI is InChI=1S/C16H15BrN4OS/c17-14-8-13(9-19-21-11-18-20-16(21)23)6-7-15(14)22-10-12-4-2-1-3-5-12/h1-8,11,19H,9-10H2,(H,20,23). The number of nitrogens with one attached hydrogen (secondary N) is 2. The van der Waals surface area contributed by atoms with Crippen molar-refractivity contribution in [2.45, 2.75) is 13.2 Å². The summed E-state index contributed by atoms with van der Waals surface area (Å²) in [6.45, 7) is 1.17. The Balaban J connectivity index is 1.61. The van der Waals surface area contributed by atoms with E-state index in [1.165, 1.54) is 0 Å². The van der Waals surface area contributed by atoms with Crippen molar-refractivity contribution in [2.24, 2.45) is 0 Å². The van der Waals surface area contributed by atoms with Crippen molar-refractivity contribution in [3.05, 3.63) is 75.2 Å². The van der Waals surface area contributed by atoms with E-state index in [-0.39, 0.29) is 0 Å². The van der Waals surface area contributed by atoms with Gasteiger partial charge in [-0.2, -0.15) is 5.10 Å². The molecule has 1 aromatic heterocycles. The quantitative estimate of drug-likeness (QED) is 0.623. The molecule has 0 fully saturated rings. The SMILES string of the molecule is S=c1[nH]ncn1NCc1ccc(OCc2ccccc2)c(Br)c1. The van der Waals surface area contributed by atoms with E-state index in [4.69, 9.17) is 17.0 Å². The number of halogens is 1. The molecule has 0 unspecified atom stereocenters. The monoisotopic (exact) mass is 390 g/mol. The van der Waals surface area contributed by atoms with Gasteiger partial charge in [0.05, 0.1) is 11.0 Å².